The van der Waals surface area contributed by atoms with Crippen molar-refractivity contribution in [1.29, 1.82) is 0 Å². The molecule has 0 bridgehead atoms. The van der Waals surface area contributed by atoms with Gasteiger partial charge < -0.3 is 21.1 Å². The number of phenols is 1. The highest BCUT2D eigenvalue weighted by Crippen LogP contribution is 2.43. The van der Waals surface area contributed by atoms with Crippen LogP contribution in [0.5, 0.6) is 5.75 Å². The monoisotopic (exact) mass is 585 g/mol. The van der Waals surface area contributed by atoms with Crippen LogP contribution in [-0.4, -0.2) is 40.2 Å². The van der Waals surface area contributed by atoms with Gasteiger partial charge in [-0.15, -0.1) is 20.5 Å². The van der Waals surface area contributed by atoms with Crippen LogP contribution in [0.25, 0.3) is 21.5 Å². The molecule has 0 aliphatic heterocycles. The first kappa shape index (κ1) is 27.8. The van der Waals surface area contributed by atoms with Crippen molar-refractivity contribution in [3.8, 4) is 5.75 Å². The normalized spacial score (nSPS) is 12.0. The number of anilines is 1. The van der Waals surface area contributed by atoms with Gasteiger partial charge in [0.15, 0.2) is 5.75 Å². The number of hydrogen-bond acceptors (Lipinski definition) is 10. The van der Waals surface area contributed by atoms with Crippen LogP contribution in [-0.2, 0) is 10.1 Å². The quantitative estimate of drug-likeness (QED) is 0.0771. The molecule has 210 valence electrons. The van der Waals surface area contributed by atoms with E-state index >= 15 is 0 Å². The average Bonchev–Trinajstić information content (AvgIpc) is 2.95. The van der Waals surface area contributed by atoms with Gasteiger partial charge >= 0.3 is 11.9 Å². The Kier molecular flexibility index (Phi) is 7.08. The summed E-state index contributed by atoms with van der Waals surface area (Å²) in [4.78, 5) is 22.3. The molecule has 13 nitrogen and oxygen atoms in total. The number of fused-ring (bicyclic) bond motifs is 2. The maximum absolute atomic E-state index is 12.1. The topological polar surface area (TPSA) is 225 Å². The highest BCUT2D eigenvalue weighted by atomic mass is 32.2. The van der Waals surface area contributed by atoms with Gasteiger partial charge in [0.25, 0.3) is 10.1 Å². The summed E-state index contributed by atoms with van der Waals surface area (Å²) in [5.74, 6) is -3.13. The maximum Gasteiger partial charge on any atom is 0.337 e. The molecule has 0 fully saturated rings. The lowest BCUT2D eigenvalue weighted by atomic mass is 10.1. The first-order valence-corrected chi connectivity index (χ1v) is 13.4. The fraction of sp³-hybridized carbons (Fsp3) is 0. The number of rotatable bonds is 7. The molecule has 0 amide bonds. The highest BCUT2D eigenvalue weighted by molar-refractivity contribution is 7.86. The second kappa shape index (κ2) is 10.7. The van der Waals surface area contributed by atoms with Gasteiger partial charge in [-0.3, -0.25) is 4.55 Å². The van der Waals surface area contributed by atoms with Gasteiger partial charge in [0.1, 0.15) is 16.3 Å². The minimum atomic E-state index is -4.81. The Bertz CT molecular complexity index is 2110. The fourth-order valence-electron chi connectivity index (χ4n) is 4.23. The van der Waals surface area contributed by atoms with Crippen molar-refractivity contribution in [2.24, 2.45) is 20.5 Å². The molecule has 0 atom stereocenters. The Hall–Kier alpha value is -5.73. The molecule has 5 aromatic carbocycles. The number of phenolic OH excluding ortho intramolecular Hbond substituents is 1. The minimum Gasteiger partial charge on any atom is -0.505 e. The summed E-state index contributed by atoms with van der Waals surface area (Å²) < 4.78 is 34.1. The van der Waals surface area contributed by atoms with Gasteiger partial charge in [0.2, 0.25) is 0 Å². The number of nitrogens with two attached hydrogens (primary N) is 1. The summed E-state index contributed by atoms with van der Waals surface area (Å²) in [6.45, 7) is 0. The van der Waals surface area contributed by atoms with E-state index in [1.807, 2.05) is 0 Å². The number of carboxylic acid groups (broad SMARTS) is 2. The second-order valence-corrected chi connectivity index (χ2v) is 10.3. The maximum atomic E-state index is 12.1. The SMILES string of the molecule is Nc1ccc2cc(S(=O)(=O)O)c(N=Nc3ccc(N=Nc4cc(C(=O)O)ccc4C(=O)O)c4ccccc34)c(O)c2c1. The lowest BCUT2D eigenvalue weighted by molar-refractivity contribution is 0.0682. The lowest BCUT2D eigenvalue weighted by Gasteiger charge is -2.10. The summed E-state index contributed by atoms with van der Waals surface area (Å²) >= 11 is 0. The van der Waals surface area contributed by atoms with Crippen molar-refractivity contribution in [3.63, 3.8) is 0 Å². The van der Waals surface area contributed by atoms with E-state index in [2.05, 4.69) is 20.5 Å². The molecular formula is C28H19N5O8S. The zero-order valence-corrected chi connectivity index (χ0v) is 22.0. The molecule has 0 saturated heterocycles. The molecule has 5 aromatic rings. The number of carboxylic acids is 2. The van der Waals surface area contributed by atoms with Crippen LogP contribution >= 0.6 is 0 Å². The Morgan fingerprint density at radius 2 is 1.31 bits per heavy atom. The third-order valence-corrected chi connectivity index (χ3v) is 7.10. The van der Waals surface area contributed by atoms with Gasteiger partial charge in [-0.25, -0.2) is 9.59 Å². The molecule has 0 aliphatic carbocycles. The van der Waals surface area contributed by atoms with Gasteiger partial charge in [0, 0.05) is 21.8 Å². The van der Waals surface area contributed by atoms with Crippen molar-refractivity contribution in [1.82, 2.24) is 0 Å². The second-order valence-electron chi connectivity index (χ2n) is 8.92. The van der Waals surface area contributed by atoms with Crippen molar-refractivity contribution in [3.05, 3.63) is 90.0 Å². The predicted octanol–water partition coefficient (Wildman–Crippen LogP) is 6.75. The molecule has 42 heavy (non-hydrogen) atoms. The third-order valence-electron chi connectivity index (χ3n) is 6.23. The minimum absolute atomic E-state index is 0.166. The van der Waals surface area contributed by atoms with Gasteiger partial charge in [-0.05, 0) is 53.9 Å². The summed E-state index contributed by atoms with van der Waals surface area (Å²) in [5, 5.41) is 47.3. The number of nitrogen functional groups attached to an aromatic ring is 1. The molecule has 0 spiro atoms. The molecule has 0 aromatic heterocycles. The number of azo groups is 2. The van der Waals surface area contributed by atoms with Crippen LogP contribution in [0.4, 0.5) is 28.4 Å². The van der Waals surface area contributed by atoms with E-state index in [4.69, 9.17) is 5.73 Å². The number of nitrogens with zero attached hydrogens (tertiary/aromatic N) is 4. The van der Waals surface area contributed by atoms with E-state index in [9.17, 15) is 37.9 Å². The molecule has 0 heterocycles. The van der Waals surface area contributed by atoms with Crippen LogP contribution in [0.2, 0.25) is 0 Å². The van der Waals surface area contributed by atoms with Crippen LogP contribution < -0.4 is 5.73 Å². The first-order valence-electron chi connectivity index (χ1n) is 11.9. The predicted molar refractivity (Wildman–Crippen MR) is 153 cm³/mol. The van der Waals surface area contributed by atoms with Gasteiger partial charge in [-0.1, -0.05) is 30.3 Å². The van der Waals surface area contributed by atoms with Gasteiger partial charge in [0.05, 0.1) is 22.5 Å². The molecule has 5 rings (SSSR count). The standard InChI is InChI=1S/C28H19N5O8S/c29-16-7-5-14-12-24(42(39,40)41)25(26(34)20(14)13-16)33-31-22-10-9-21(17-3-1-2-4-18(17)22)30-32-23-11-15(27(35)36)6-8-19(23)28(37)38/h1-13,34H,29H2,(H,35,36)(H,37,38)(H,39,40,41). The molecule has 0 unspecified atom stereocenters. The van der Waals surface area contributed by atoms with E-state index in [1.54, 1.807) is 24.3 Å². The van der Waals surface area contributed by atoms with E-state index in [0.29, 0.717) is 21.8 Å². The number of hydrogen-bond donors (Lipinski definition) is 5. The third kappa shape index (κ3) is 5.34. The van der Waals surface area contributed by atoms with Gasteiger partial charge in [-0.2, -0.15) is 8.42 Å². The van der Waals surface area contributed by atoms with Crippen LogP contribution in [0.15, 0.2) is 104 Å². The average molecular weight is 586 g/mol. The summed E-state index contributed by atoms with van der Waals surface area (Å²) in [6.07, 6.45) is 0. The number of aromatic hydroxyl groups is 1. The zero-order chi connectivity index (χ0) is 30.2. The van der Waals surface area contributed by atoms with E-state index < -0.39 is 38.4 Å². The van der Waals surface area contributed by atoms with Crippen LogP contribution in [0, 0.1) is 0 Å². The number of aromatic carboxylic acids is 2. The molecule has 0 saturated carbocycles. The summed E-state index contributed by atoms with van der Waals surface area (Å²) in [5.41, 5.74) is 5.55. The van der Waals surface area contributed by atoms with Crippen molar-refractivity contribution in [2.75, 3.05) is 5.73 Å². The fourth-order valence-corrected chi connectivity index (χ4v) is 4.89. The Morgan fingerprint density at radius 1 is 0.690 bits per heavy atom. The Labute approximate surface area is 236 Å². The lowest BCUT2D eigenvalue weighted by Crippen LogP contribution is -2.00. The zero-order valence-electron chi connectivity index (χ0n) is 21.2. The Morgan fingerprint density at radius 3 is 1.90 bits per heavy atom. The van der Waals surface area contributed by atoms with Crippen LogP contribution in [0.1, 0.15) is 20.7 Å². The van der Waals surface area contributed by atoms with Crippen molar-refractivity contribution < 1.29 is 37.9 Å². The van der Waals surface area contributed by atoms with E-state index in [-0.39, 0.29) is 33.6 Å². The summed E-state index contributed by atoms with van der Waals surface area (Å²) in [6, 6.07) is 18.6. The van der Waals surface area contributed by atoms with Crippen molar-refractivity contribution >= 4 is 72.0 Å². The van der Waals surface area contributed by atoms with E-state index in [0.717, 1.165) is 24.3 Å². The van der Waals surface area contributed by atoms with Crippen LogP contribution in [0.3, 0.4) is 0 Å². The van der Waals surface area contributed by atoms with Crippen molar-refractivity contribution in [2.45, 2.75) is 4.90 Å². The number of benzene rings is 5. The number of carbonyl (C=O) groups is 2. The largest absolute Gasteiger partial charge is 0.505 e. The molecular weight excluding hydrogens is 566 g/mol. The highest BCUT2D eigenvalue weighted by Gasteiger charge is 2.22. The molecule has 14 heteroatoms. The van der Waals surface area contributed by atoms with E-state index in [1.165, 1.54) is 30.3 Å². The molecule has 0 aliphatic rings. The first-order chi connectivity index (χ1) is 19.9. The summed E-state index contributed by atoms with van der Waals surface area (Å²) in [7, 11) is -4.81. The molecule has 0 radical (unpaired) electrons. The Balaban J connectivity index is 1.61. The molecule has 6 N–H and O–H groups in total. The smallest absolute Gasteiger partial charge is 0.337 e.